The van der Waals surface area contributed by atoms with Crippen molar-refractivity contribution in [2.45, 2.75) is 0 Å². The molecule has 0 rings (SSSR count). The van der Waals surface area contributed by atoms with Gasteiger partial charge in [0.2, 0.25) is 0 Å². The Balaban J connectivity index is 3.59. The molecule has 0 aliphatic carbocycles. The molecule has 0 aliphatic rings. The van der Waals surface area contributed by atoms with Gasteiger partial charge in [0.05, 0.1) is 13.2 Å². The molecular weight excluding hydrogens is 154 g/mol. The molecule has 0 saturated carbocycles. The molecule has 0 unspecified atom stereocenters. The van der Waals surface area contributed by atoms with Crippen LogP contribution in [-0.4, -0.2) is 46.4 Å². The van der Waals surface area contributed by atoms with Gasteiger partial charge in [-0.15, -0.1) is 5.12 Å². The van der Waals surface area contributed by atoms with Crippen molar-refractivity contribution in [3.05, 3.63) is 0 Å². The molecule has 7 nitrogen and oxygen atoms in total. The number of carbonyl (C=O) groups is 1. The van der Waals surface area contributed by atoms with Gasteiger partial charge in [-0.1, -0.05) is 0 Å². The second-order valence-electron chi connectivity index (χ2n) is 1.61. The summed E-state index contributed by atoms with van der Waals surface area (Å²) in [7, 11) is 0. The number of hydrogen-bond acceptors (Lipinski definition) is 5. The van der Waals surface area contributed by atoms with E-state index in [1.807, 2.05) is 5.43 Å². The first-order valence-electron chi connectivity index (χ1n) is 2.93. The van der Waals surface area contributed by atoms with Crippen LogP contribution in [0.4, 0.5) is 4.79 Å². The lowest BCUT2D eigenvalue weighted by Crippen LogP contribution is -2.51. The molecule has 0 aromatic heterocycles. The summed E-state index contributed by atoms with van der Waals surface area (Å²) >= 11 is 0. The van der Waals surface area contributed by atoms with Crippen LogP contribution in [0.1, 0.15) is 0 Å². The topological polar surface area (TPSA) is 105 Å². The maximum absolute atomic E-state index is 10.0. The summed E-state index contributed by atoms with van der Waals surface area (Å²) in [6, 6.07) is 0. The van der Waals surface area contributed by atoms with E-state index in [0.29, 0.717) is 0 Å². The van der Waals surface area contributed by atoms with Crippen molar-refractivity contribution in [3.63, 3.8) is 0 Å². The average molecular weight is 165 g/mol. The third-order valence-electron chi connectivity index (χ3n) is 0.816. The predicted molar refractivity (Wildman–Crippen MR) is 35.2 cm³/mol. The van der Waals surface area contributed by atoms with E-state index in [1.54, 1.807) is 0 Å². The Morgan fingerprint density at radius 3 is 2.45 bits per heavy atom. The molecule has 0 bridgehead atoms. The maximum atomic E-state index is 10.0. The highest BCUT2D eigenvalue weighted by atomic mass is 16.4. The van der Waals surface area contributed by atoms with Crippen LogP contribution in [0.15, 0.2) is 0 Å². The number of carboxylic acid groups (broad SMARTS) is 1. The molecule has 0 fully saturated rings. The van der Waals surface area contributed by atoms with Crippen LogP contribution in [0.5, 0.6) is 0 Å². The third-order valence-corrected chi connectivity index (χ3v) is 0.816. The average Bonchev–Trinajstić information content (AvgIpc) is 1.87. The normalized spacial score (nSPS) is 10.1. The van der Waals surface area contributed by atoms with E-state index in [4.69, 9.17) is 15.3 Å². The monoisotopic (exact) mass is 165 g/mol. The molecule has 0 aromatic carbocycles. The predicted octanol–water partition coefficient (Wildman–Crippen LogP) is -2.08. The maximum Gasteiger partial charge on any atom is 0.420 e. The number of hydrogen-bond donors (Lipinski definition) is 5. The Bertz CT molecular complexity index is 114. The van der Waals surface area contributed by atoms with Crippen molar-refractivity contribution in [1.82, 2.24) is 16.0 Å². The molecule has 0 atom stereocenters. The Morgan fingerprint density at radius 1 is 1.45 bits per heavy atom. The van der Waals surface area contributed by atoms with Crippen LogP contribution in [0.2, 0.25) is 0 Å². The van der Waals surface area contributed by atoms with Gasteiger partial charge in [-0.25, -0.2) is 15.6 Å². The fraction of sp³-hybridized carbons (Fsp3) is 0.750. The van der Waals surface area contributed by atoms with Gasteiger partial charge >= 0.3 is 6.09 Å². The minimum Gasteiger partial charge on any atom is -0.464 e. The van der Waals surface area contributed by atoms with Crippen molar-refractivity contribution in [1.29, 1.82) is 0 Å². The molecule has 1 amide bonds. The number of nitrogens with zero attached hydrogens (tertiary/aromatic N) is 1. The number of hydrazine groups is 2. The van der Waals surface area contributed by atoms with E-state index >= 15 is 0 Å². The summed E-state index contributed by atoms with van der Waals surface area (Å²) in [5.74, 6) is 0. The summed E-state index contributed by atoms with van der Waals surface area (Å²) in [5.41, 5.74) is 4.15. The second kappa shape index (κ2) is 5.86. The molecule has 0 spiro atoms. The smallest absolute Gasteiger partial charge is 0.420 e. The van der Waals surface area contributed by atoms with Gasteiger partial charge in [0.1, 0.15) is 6.73 Å². The van der Waals surface area contributed by atoms with E-state index in [9.17, 15) is 4.79 Å². The van der Waals surface area contributed by atoms with Crippen LogP contribution in [-0.2, 0) is 0 Å². The Morgan fingerprint density at radius 2 is 2.09 bits per heavy atom. The first-order valence-corrected chi connectivity index (χ1v) is 2.93. The SMILES string of the molecule is O=C(O)NN(CCO)NCO. The molecular formula is C4H11N3O4. The molecule has 0 aromatic rings. The molecule has 0 saturated heterocycles. The lowest BCUT2D eigenvalue weighted by Gasteiger charge is -2.19. The largest absolute Gasteiger partial charge is 0.464 e. The summed E-state index contributed by atoms with van der Waals surface area (Å²) in [5, 5.41) is 25.8. The molecule has 0 radical (unpaired) electrons. The van der Waals surface area contributed by atoms with Crippen molar-refractivity contribution in [2.75, 3.05) is 19.9 Å². The molecule has 11 heavy (non-hydrogen) atoms. The quantitative estimate of drug-likeness (QED) is 0.236. The zero-order chi connectivity index (χ0) is 8.69. The number of aliphatic hydroxyl groups is 2. The van der Waals surface area contributed by atoms with Gasteiger partial charge in [-0.05, 0) is 0 Å². The van der Waals surface area contributed by atoms with E-state index in [1.165, 1.54) is 0 Å². The molecule has 0 aliphatic heterocycles. The highest BCUT2D eigenvalue weighted by Gasteiger charge is 2.04. The summed E-state index contributed by atoms with van der Waals surface area (Å²) in [6.45, 7) is -0.555. The van der Waals surface area contributed by atoms with Crippen LogP contribution in [0.25, 0.3) is 0 Å². The van der Waals surface area contributed by atoms with Crippen molar-refractivity contribution in [2.24, 2.45) is 0 Å². The molecule has 0 heterocycles. The van der Waals surface area contributed by atoms with Gasteiger partial charge in [-0.2, -0.15) is 0 Å². The van der Waals surface area contributed by atoms with E-state index in [0.717, 1.165) is 5.12 Å². The molecule has 5 N–H and O–H groups in total. The lowest BCUT2D eigenvalue weighted by molar-refractivity contribution is 0.0461. The highest BCUT2D eigenvalue weighted by molar-refractivity contribution is 5.63. The number of amides is 1. The van der Waals surface area contributed by atoms with E-state index < -0.39 is 12.8 Å². The zero-order valence-corrected chi connectivity index (χ0v) is 5.82. The van der Waals surface area contributed by atoms with Gasteiger partial charge < -0.3 is 15.3 Å². The molecule has 7 heteroatoms. The summed E-state index contributed by atoms with van der Waals surface area (Å²) < 4.78 is 0. The lowest BCUT2D eigenvalue weighted by atomic mass is 10.7. The third kappa shape index (κ3) is 5.55. The van der Waals surface area contributed by atoms with Crippen LogP contribution in [0, 0.1) is 0 Å². The van der Waals surface area contributed by atoms with Crippen molar-refractivity contribution < 1.29 is 20.1 Å². The summed E-state index contributed by atoms with van der Waals surface area (Å²) in [4.78, 5) is 10.0. The second-order valence-corrected chi connectivity index (χ2v) is 1.61. The number of rotatable bonds is 5. The minimum absolute atomic E-state index is 0.0624. The Kier molecular flexibility index (Phi) is 5.39. The van der Waals surface area contributed by atoms with E-state index in [2.05, 4.69) is 5.43 Å². The van der Waals surface area contributed by atoms with Gasteiger partial charge in [0, 0.05) is 0 Å². The zero-order valence-electron chi connectivity index (χ0n) is 5.82. The number of aliphatic hydroxyl groups excluding tert-OH is 2. The first kappa shape index (κ1) is 10.1. The molecule has 66 valence electrons. The summed E-state index contributed by atoms with van der Waals surface area (Å²) in [6.07, 6.45) is -1.26. The van der Waals surface area contributed by atoms with Gasteiger partial charge in [0.25, 0.3) is 0 Å². The Labute approximate surface area is 63.2 Å². The standard InChI is InChI=1S/C4H11N3O4/c8-2-1-7(5-3-9)6-4(10)11/h5-6,8-9H,1-3H2,(H,10,11). The van der Waals surface area contributed by atoms with Crippen LogP contribution < -0.4 is 10.9 Å². The van der Waals surface area contributed by atoms with E-state index in [-0.39, 0.29) is 13.2 Å². The fourth-order valence-corrected chi connectivity index (χ4v) is 0.475. The fourth-order valence-electron chi connectivity index (χ4n) is 0.475. The number of nitrogens with one attached hydrogen (secondary N) is 2. The first-order chi connectivity index (χ1) is 5.20. The van der Waals surface area contributed by atoms with Crippen molar-refractivity contribution in [3.8, 4) is 0 Å². The Hall–Kier alpha value is -0.890. The van der Waals surface area contributed by atoms with Gasteiger partial charge in [-0.3, -0.25) is 0 Å². The van der Waals surface area contributed by atoms with Crippen molar-refractivity contribution >= 4 is 6.09 Å². The van der Waals surface area contributed by atoms with Crippen LogP contribution in [0.3, 0.4) is 0 Å². The highest BCUT2D eigenvalue weighted by Crippen LogP contribution is 1.73. The van der Waals surface area contributed by atoms with Crippen LogP contribution >= 0.6 is 0 Å². The minimum atomic E-state index is -1.26. The van der Waals surface area contributed by atoms with Gasteiger partial charge in [0.15, 0.2) is 0 Å².